The van der Waals surface area contributed by atoms with Crippen molar-refractivity contribution in [2.75, 3.05) is 5.32 Å². The Morgan fingerprint density at radius 3 is 2.50 bits per heavy atom. The minimum atomic E-state index is 0.824. The zero-order valence-corrected chi connectivity index (χ0v) is 13.9. The van der Waals surface area contributed by atoms with Crippen molar-refractivity contribution in [2.24, 2.45) is 0 Å². The first-order valence-corrected chi connectivity index (χ1v) is 8.41. The number of anilines is 2. The van der Waals surface area contributed by atoms with Crippen molar-refractivity contribution in [3.05, 3.63) is 85.5 Å². The van der Waals surface area contributed by atoms with E-state index < -0.39 is 0 Å². The lowest BCUT2D eigenvalue weighted by Crippen LogP contribution is -1.91. The average molecular weight is 337 g/mol. The highest BCUT2D eigenvalue weighted by atomic mass is 16.3. The second-order valence-corrected chi connectivity index (χ2v) is 6.13. The Morgan fingerprint density at radius 2 is 1.62 bits per heavy atom. The molecule has 0 atom stereocenters. The van der Waals surface area contributed by atoms with Crippen LogP contribution in [0.15, 0.2) is 89.9 Å². The maximum atomic E-state index is 6.05. The second kappa shape index (κ2) is 6.01. The van der Waals surface area contributed by atoms with Crippen LogP contribution in [0.1, 0.15) is 0 Å². The van der Waals surface area contributed by atoms with Gasteiger partial charge in [-0.2, -0.15) is 0 Å². The average Bonchev–Trinajstić information content (AvgIpc) is 3.12. The van der Waals surface area contributed by atoms with Crippen molar-refractivity contribution in [1.82, 2.24) is 9.97 Å². The molecule has 1 N–H and O–H groups in total. The van der Waals surface area contributed by atoms with Crippen molar-refractivity contribution in [3.8, 4) is 11.3 Å². The summed E-state index contributed by atoms with van der Waals surface area (Å²) >= 11 is 0. The van der Waals surface area contributed by atoms with Gasteiger partial charge in [-0.25, -0.2) is 0 Å². The number of hydrogen-bond donors (Lipinski definition) is 1. The molecule has 5 rings (SSSR count). The van der Waals surface area contributed by atoms with Crippen LogP contribution in [0, 0.1) is 0 Å². The number of nitrogens with one attached hydrogen (secondary N) is 1. The third-order valence-corrected chi connectivity index (χ3v) is 4.42. The van der Waals surface area contributed by atoms with Gasteiger partial charge in [-0.3, -0.25) is 9.97 Å². The van der Waals surface area contributed by atoms with Crippen LogP contribution in [0.4, 0.5) is 11.4 Å². The van der Waals surface area contributed by atoms with E-state index in [0.29, 0.717) is 0 Å². The van der Waals surface area contributed by atoms with Gasteiger partial charge in [0.2, 0.25) is 0 Å². The van der Waals surface area contributed by atoms with Gasteiger partial charge < -0.3 is 9.73 Å². The molecule has 0 radical (unpaired) electrons. The van der Waals surface area contributed by atoms with Gasteiger partial charge in [0, 0.05) is 52.5 Å². The van der Waals surface area contributed by atoms with E-state index in [1.165, 1.54) is 0 Å². The molecule has 0 bridgehead atoms. The van der Waals surface area contributed by atoms with Gasteiger partial charge in [-0.05, 0) is 41.8 Å². The van der Waals surface area contributed by atoms with E-state index in [4.69, 9.17) is 4.42 Å². The van der Waals surface area contributed by atoms with Gasteiger partial charge >= 0.3 is 0 Å². The fourth-order valence-electron chi connectivity index (χ4n) is 3.15. The standard InChI is InChI=1S/C22H15N3O/c1-2-4-21-15(3-1)11-22(26-21)20-14-24-13-16-5-6-18(12-19(16)20)25-17-7-9-23-10-8-17/h1-14H,(H,23,25). The number of nitrogens with zero attached hydrogens (tertiary/aromatic N) is 2. The molecule has 26 heavy (non-hydrogen) atoms. The summed E-state index contributed by atoms with van der Waals surface area (Å²) in [5, 5.41) is 6.67. The highest BCUT2D eigenvalue weighted by Gasteiger charge is 2.10. The molecule has 2 aromatic carbocycles. The monoisotopic (exact) mass is 337 g/mol. The summed E-state index contributed by atoms with van der Waals surface area (Å²) in [7, 11) is 0. The fraction of sp³-hybridized carbons (Fsp3) is 0. The van der Waals surface area contributed by atoms with Gasteiger partial charge in [0.1, 0.15) is 11.3 Å². The van der Waals surface area contributed by atoms with E-state index in [1.54, 1.807) is 12.4 Å². The molecule has 3 heterocycles. The van der Waals surface area contributed by atoms with Gasteiger partial charge in [-0.1, -0.05) is 24.3 Å². The third kappa shape index (κ3) is 2.58. The minimum Gasteiger partial charge on any atom is -0.456 e. The third-order valence-electron chi connectivity index (χ3n) is 4.42. The number of pyridine rings is 2. The predicted octanol–water partition coefficient (Wildman–Crippen LogP) is 5.79. The summed E-state index contributed by atoms with van der Waals surface area (Å²) in [5.41, 5.74) is 3.87. The second-order valence-electron chi connectivity index (χ2n) is 6.13. The molecule has 5 aromatic rings. The molecule has 4 heteroatoms. The lowest BCUT2D eigenvalue weighted by Gasteiger charge is -2.09. The molecule has 0 spiro atoms. The van der Waals surface area contributed by atoms with E-state index >= 15 is 0 Å². The van der Waals surface area contributed by atoms with Crippen LogP contribution in [0.3, 0.4) is 0 Å². The number of furan rings is 1. The SMILES string of the molecule is c1ccc2oc(-c3cncc4ccc(Nc5ccncc5)cc34)cc2c1. The quantitative estimate of drug-likeness (QED) is 0.453. The molecular formula is C22H15N3O. The maximum Gasteiger partial charge on any atom is 0.137 e. The van der Waals surface area contributed by atoms with E-state index in [0.717, 1.165) is 44.4 Å². The number of para-hydroxylation sites is 1. The number of hydrogen-bond acceptors (Lipinski definition) is 4. The summed E-state index contributed by atoms with van der Waals surface area (Å²) in [4.78, 5) is 8.44. The van der Waals surface area contributed by atoms with Crippen molar-refractivity contribution in [2.45, 2.75) is 0 Å². The zero-order chi connectivity index (χ0) is 17.3. The summed E-state index contributed by atoms with van der Waals surface area (Å²) in [6.45, 7) is 0. The van der Waals surface area contributed by atoms with Crippen LogP contribution in [-0.2, 0) is 0 Å². The molecule has 0 fully saturated rings. The Hall–Kier alpha value is -3.66. The molecule has 3 aromatic heterocycles. The lowest BCUT2D eigenvalue weighted by molar-refractivity contribution is 0.632. The molecular weight excluding hydrogens is 322 g/mol. The minimum absolute atomic E-state index is 0.824. The molecule has 124 valence electrons. The molecule has 0 aliphatic carbocycles. The van der Waals surface area contributed by atoms with Crippen LogP contribution in [0.2, 0.25) is 0 Å². The summed E-state index contributed by atoms with van der Waals surface area (Å²) in [6.07, 6.45) is 7.27. The van der Waals surface area contributed by atoms with Crippen LogP contribution in [-0.4, -0.2) is 9.97 Å². The summed E-state index contributed by atoms with van der Waals surface area (Å²) < 4.78 is 6.05. The molecule has 0 aliphatic heterocycles. The van der Waals surface area contributed by atoms with E-state index in [9.17, 15) is 0 Å². The largest absolute Gasteiger partial charge is 0.456 e. The number of rotatable bonds is 3. The van der Waals surface area contributed by atoms with Crippen LogP contribution in [0.25, 0.3) is 33.1 Å². The number of aromatic nitrogens is 2. The molecule has 0 saturated heterocycles. The first kappa shape index (κ1) is 14.7. The Labute approximate surface area is 150 Å². The van der Waals surface area contributed by atoms with E-state index in [1.807, 2.05) is 48.8 Å². The maximum absolute atomic E-state index is 6.05. The Morgan fingerprint density at radius 1 is 0.731 bits per heavy atom. The van der Waals surface area contributed by atoms with Crippen LogP contribution < -0.4 is 5.32 Å². The lowest BCUT2D eigenvalue weighted by atomic mass is 10.0. The molecule has 0 amide bonds. The van der Waals surface area contributed by atoms with Crippen LogP contribution >= 0.6 is 0 Å². The van der Waals surface area contributed by atoms with Gasteiger partial charge in [0.25, 0.3) is 0 Å². The Balaban J connectivity index is 1.64. The first-order valence-electron chi connectivity index (χ1n) is 8.41. The normalized spacial score (nSPS) is 11.1. The molecule has 0 unspecified atom stereocenters. The highest BCUT2D eigenvalue weighted by Crippen LogP contribution is 2.33. The van der Waals surface area contributed by atoms with Crippen molar-refractivity contribution >= 4 is 33.1 Å². The molecule has 0 saturated carbocycles. The van der Waals surface area contributed by atoms with Gasteiger partial charge in [-0.15, -0.1) is 0 Å². The van der Waals surface area contributed by atoms with Gasteiger partial charge in [0.15, 0.2) is 0 Å². The van der Waals surface area contributed by atoms with E-state index in [2.05, 4.69) is 39.6 Å². The Bertz CT molecular complexity index is 1180. The predicted molar refractivity (Wildman–Crippen MR) is 104 cm³/mol. The van der Waals surface area contributed by atoms with E-state index in [-0.39, 0.29) is 0 Å². The van der Waals surface area contributed by atoms with Crippen LogP contribution in [0.5, 0.6) is 0 Å². The summed E-state index contributed by atoms with van der Waals surface area (Å²) in [6, 6.07) is 20.2. The van der Waals surface area contributed by atoms with Crippen molar-refractivity contribution in [3.63, 3.8) is 0 Å². The number of fused-ring (bicyclic) bond motifs is 2. The molecule has 4 nitrogen and oxygen atoms in total. The zero-order valence-electron chi connectivity index (χ0n) is 13.9. The fourth-order valence-corrected chi connectivity index (χ4v) is 3.15. The van der Waals surface area contributed by atoms with Gasteiger partial charge in [0.05, 0.1) is 0 Å². The first-order chi connectivity index (χ1) is 12.9. The van der Waals surface area contributed by atoms with Crippen molar-refractivity contribution in [1.29, 1.82) is 0 Å². The highest BCUT2D eigenvalue weighted by molar-refractivity contribution is 5.98. The summed E-state index contributed by atoms with van der Waals surface area (Å²) in [5.74, 6) is 0.824. The topological polar surface area (TPSA) is 51.0 Å². The van der Waals surface area contributed by atoms with Crippen molar-refractivity contribution < 1.29 is 4.42 Å². The Kier molecular flexibility index (Phi) is 3.39. The smallest absolute Gasteiger partial charge is 0.137 e. The number of benzene rings is 2. The molecule has 0 aliphatic rings.